The number of hydrogen-bond donors (Lipinski definition) is 1. The Kier molecular flexibility index (Phi) is 3.66. The summed E-state index contributed by atoms with van der Waals surface area (Å²) < 4.78 is 5.39. The fourth-order valence-corrected chi connectivity index (χ4v) is 1.42. The van der Waals surface area contributed by atoms with Crippen molar-refractivity contribution in [2.24, 2.45) is 0 Å². The average Bonchev–Trinajstić information content (AvgIpc) is 2.79. The van der Waals surface area contributed by atoms with Crippen molar-refractivity contribution in [3.8, 4) is 11.4 Å². The molecule has 2 rings (SSSR count). The molecule has 0 unspecified atom stereocenters. The van der Waals surface area contributed by atoms with Crippen LogP contribution in [0.25, 0.3) is 5.69 Å². The number of aliphatic hydroxyl groups excluding tert-OH is 1. The minimum atomic E-state index is 0.0185. The third-order valence-electron chi connectivity index (χ3n) is 2.15. The molecule has 0 amide bonds. The first-order valence-electron chi connectivity index (χ1n) is 5.46. The van der Waals surface area contributed by atoms with Crippen molar-refractivity contribution in [1.29, 1.82) is 0 Å². The number of tetrazole rings is 1. The molecule has 0 saturated carbocycles. The molecule has 6 heteroatoms. The zero-order chi connectivity index (χ0) is 12.1. The Hall–Kier alpha value is -1.95. The van der Waals surface area contributed by atoms with E-state index in [1.165, 1.54) is 4.80 Å². The zero-order valence-corrected chi connectivity index (χ0v) is 9.58. The van der Waals surface area contributed by atoms with Gasteiger partial charge >= 0.3 is 0 Å². The van der Waals surface area contributed by atoms with Crippen LogP contribution in [0.4, 0.5) is 0 Å². The molecule has 0 radical (unpaired) electrons. The van der Waals surface area contributed by atoms with Gasteiger partial charge in [0, 0.05) is 12.5 Å². The van der Waals surface area contributed by atoms with Crippen LogP contribution in [0, 0.1) is 0 Å². The molecule has 0 atom stereocenters. The van der Waals surface area contributed by atoms with E-state index in [1.54, 1.807) is 0 Å². The van der Waals surface area contributed by atoms with Crippen LogP contribution in [0.5, 0.6) is 5.75 Å². The second-order valence-electron chi connectivity index (χ2n) is 3.40. The van der Waals surface area contributed by atoms with Crippen LogP contribution in [-0.4, -0.2) is 38.5 Å². The summed E-state index contributed by atoms with van der Waals surface area (Å²) in [6.45, 7) is 2.56. The Balaban J connectivity index is 2.22. The van der Waals surface area contributed by atoms with Gasteiger partial charge in [0.25, 0.3) is 0 Å². The van der Waals surface area contributed by atoms with E-state index >= 15 is 0 Å². The molecule has 0 spiro atoms. The fraction of sp³-hybridized carbons (Fsp3) is 0.364. The van der Waals surface area contributed by atoms with Gasteiger partial charge in [-0.3, -0.25) is 0 Å². The lowest BCUT2D eigenvalue weighted by Crippen LogP contribution is -2.01. The van der Waals surface area contributed by atoms with Gasteiger partial charge in [-0.2, -0.15) is 0 Å². The number of hydrogen-bond acceptors (Lipinski definition) is 5. The molecule has 0 aliphatic heterocycles. The molecular weight excluding hydrogens is 220 g/mol. The number of benzene rings is 1. The molecule has 0 aliphatic carbocycles. The quantitative estimate of drug-likeness (QED) is 0.820. The van der Waals surface area contributed by atoms with E-state index in [0.29, 0.717) is 18.9 Å². The van der Waals surface area contributed by atoms with Crippen molar-refractivity contribution < 1.29 is 9.84 Å². The molecule has 90 valence electrons. The van der Waals surface area contributed by atoms with Crippen LogP contribution < -0.4 is 4.74 Å². The maximum Gasteiger partial charge on any atom is 0.177 e. The summed E-state index contributed by atoms with van der Waals surface area (Å²) in [7, 11) is 0. The van der Waals surface area contributed by atoms with E-state index in [4.69, 9.17) is 9.84 Å². The lowest BCUT2D eigenvalue weighted by molar-refractivity contribution is 0.296. The Bertz CT molecular complexity index is 484. The van der Waals surface area contributed by atoms with Gasteiger partial charge in [-0.1, -0.05) is 6.07 Å². The lowest BCUT2D eigenvalue weighted by Gasteiger charge is -2.04. The minimum Gasteiger partial charge on any atom is -0.494 e. The number of aromatic nitrogens is 4. The van der Waals surface area contributed by atoms with Crippen molar-refractivity contribution in [1.82, 2.24) is 20.2 Å². The summed E-state index contributed by atoms with van der Waals surface area (Å²) in [4.78, 5) is 1.42. The molecular formula is C11H14N4O2. The molecule has 2 aromatic rings. The number of aliphatic hydroxyl groups is 1. The predicted octanol–water partition coefficient (Wildman–Crippen LogP) is 0.596. The molecule has 0 aliphatic rings. The van der Waals surface area contributed by atoms with Crippen molar-refractivity contribution >= 4 is 0 Å². The molecule has 0 fully saturated rings. The second kappa shape index (κ2) is 5.40. The third-order valence-corrected chi connectivity index (χ3v) is 2.15. The highest BCUT2D eigenvalue weighted by atomic mass is 16.5. The van der Waals surface area contributed by atoms with Gasteiger partial charge in [0.2, 0.25) is 0 Å². The molecule has 0 saturated heterocycles. The highest BCUT2D eigenvalue weighted by Crippen LogP contribution is 2.15. The van der Waals surface area contributed by atoms with Gasteiger partial charge in [0.15, 0.2) is 5.82 Å². The van der Waals surface area contributed by atoms with Crippen LogP contribution in [-0.2, 0) is 6.42 Å². The van der Waals surface area contributed by atoms with E-state index in [2.05, 4.69) is 15.4 Å². The summed E-state index contributed by atoms with van der Waals surface area (Å²) in [5, 5.41) is 20.7. The topological polar surface area (TPSA) is 73.1 Å². The molecule has 1 aromatic carbocycles. The highest BCUT2D eigenvalue weighted by molar-refractivity contribution is 5.37. The first-order valence-corrected chi connectivity index (χ1v) is 5.46. The van der Waals surface area contributed by atoms with Crippen molar-refractivity contribution in [3.63, 3.8) is 0 Å². The molecule has 1 aromatic heterocycles. The van der Waals surface area contributed by atoms with E-state index < -0.39 is 0 Å². The van der Waals surface area contributed by atoms with Crippen LogP contribution in [0.1, 0.15) is 12.7 Å². The van der Waals surface area contributed by atoms with Crippen molar-refractivity contribution in [2.75, 3.05) is 13.2 Å². The number of rotatable bonds is 5. The SMILES string of the molecule is CCOc1cccc(-n2nnc(CCO)n2)c1. The first kappa shape index (κ1) is 11.5. The zero-order valence-electron chi connectivity index (χ0n) is 9.58. The number of ether oxygens (including phenoxy) is 1. The summed E-state index contributed by atoms with van der Waals surface area (Å²) in [5.41, 5.74) is 0.785. The smallest absolute Gasteiger partial charge is 0.177 e. The summed E-state index contributed by atoms with van der Waals surface area (Å²) in [6.07, 6.45) is 0.408. The maximum atomic E-state index is 8.78. The van der Waals surface area contributed by atoms with Gasteiger partial charge in [0.1, 0.15) is 5.75 Å². The van der Waals surface area contributed by atoms with Crippen LogP contribution in [0.15, 0.2) is 24.3 Å². The molecule has 17 heavy (non-hydrogen) atoms. The minimum absolute atomic E-state index is 0.0185. The summed E-state index contributed by atoms with van der Waals surface area (Å²) >= 11 is 0. The van der Waals surface area contributed by atoms with E-state index in [0.717, 1.165) is 11.4 Å². The van der Waals surface area contributed by atoms with Gasteiger partial charge < -0.3 is 9.84 Å². The van der Waals surface area contributed by atoms with E-state index in [-0.39, 0.29) is 6.61 Å². The Morgan fingerprint density at radius 1 is 1.41 bits per heavy atom. The van der Waals surface area contributed by atoms with Gasteiger partial charge in [-0.15, -0.1) is 15.0 Å². The molecule has 6 nitrogen and oxygen atoms in total. The van der Waals surface area contributed by atoms with E-state index in [9.17, 15) is 0 Å². The Morgan fingerprint density at radius 3 is 3.06 bits per heavy atom. The van der Waals surface area contributed by atoms with Gasteiger partial charge in [-0.05, 0) is 24.3 Å². The van der Waals surface area contributed by atoms with Gasteiger partial charge in [0.05, 0.1) is 18.9 Å². The van der Waals surface area contributed by atoms with Crippen LogP contribution >= 0.6 is 0 Å². The molecule has 0 bridgehead atoms. The monoisotopic (exact) mass is 234 g/mol. The molecule has 1 N–H and O–H groups in total. The van der Waals surface area contributed by atoms with Crippen molar-refractivity contribution in [3.05, 3.63) is 30.1 Å². The average molecular weight is 234 g/mol. The lowest BCUT2D eigenvalue weighted by atomic mass is 10.3. The highest BCUT2D eigenvalue weighted by Gasteiger charge is 2.05. The van der Waals surface area contributed by atoms with Crippen molar-refractivity contribution in [2.45, 2.75) is 13.3 Å². The van der Waals surface area contributed by atoms with Crippen LogP contribution in [0.3, 0.4) is 0 Å². The fourth-order valence-electron chi connectivity index (χ4n) is 1.42. The Labute approximate surface area is 98.8 Å². The third kappa shape index (κ3) is 2.79. The second-order valence-corrected chi connectivity index (χ2v) is 3.40. The van der Waals surface area contributed by atoms with Crippen LogP contribution in [0.2, 0.25) is 0 Å². The normalized spacial score (nSPS) is 10.5. The maximum absolute atomic E-state index is 8.78. The number of nitrogens with zero attached hydrogens (tertiary/aromatic N) is 4. The summed E-state index contributed by atoms with van der Waals surface area (Å²) in [5.74, 6) is 1.29. The van der Waals surface area contributed by atoms with Gasteiger partial charge in [-0.25, -0.2) is 0 Å². The summed E-state index contributed by atoms with van der Waals surface area (Å²) in [6, 6.07) is 7.45. The molecule has 1 heterocycles. The predicted molar refractivity (Wildman–Crippen MR) is 61.1 cm³/mol. The first-order chi connectivity index (χ1) is 8.33. The standard InChI is InChI=1S/C11H14N4O2/c1-2-17-10-5-3-4-9(8-10)15-13-11(6-7-16)12-14-15/h3-5,8,16H,2,6-7H2,1H3. The van der Waals surface area contributed by atoms with E-state index in [1.807, 2.05) is 31.2 Å². The largest absolute Gasteiger partial charge is 0.494 e. The Morgan fingerprint density at radius 2 is 2.29 bits per heavy atom.